The number of nitrogens with one attached hydrogen (secondary N) is 1. The lowest BCUT2D eigenvalue weighted by Gasteiger charge is -2.13. The van der Waals surface area contributed by atoms with Crippen LogP contribution in [0.2, 0.25) is 0 Å². The third-order valence-corrected chi connectivity index (χ3v) is 5.32. The lowest BCUT2D eigenvalue weighted by molar-refractivity contribution is -0.120. The van der Waals surface area contributed by atoms with Crippen molar-refractivity contribution in [3.05, 3.63) is 77.6 Å². The molecule has 0 aliphatic heterocycles. The maximum Gasteiger partial charge on any atom is 0.224 e. The summed E-state index contributed by atoms with van der Waals surface area (Å²) in [4.78, 5) is 21.5. The van der Waals surface area contributed by atoms with Crippen LogP contribution in [0.25, 0.3) is 21.8 Å². The number of hydrogen-bond donors (Lipinski definition) is 1. The van der Waals surface area contributed by atoms with Crippen LogP contribution in [0.5, 0.6) is 5.75 Å². The van der Waals surface area contributed by atoms with Crippen LogP contribution in [0.3, 0.4) is 0 Å². The molecule has 0 radical (unpaired) electrons. The summed E-state index contributed by atoms with van der Waals surface area (Å²) in [6.45, 7) is 5.11. The molecule has 1 amide bonds. The van der Waals surface area contributed by atoms with Crippen LogP contribution in [-0.2, 0) is 11.2 Å². The quantitative estimate of drug-likeness (QED) is 0.464. The Hall–Kier alpha value is -3.47. The summed E-state index contributed by atoms with van der Waals surface area (Å²) in [7, 11) is 0. The van der Waals surface area contributed by atoms with E-state index in [2.05, 4.69) is 28.3 Å². The van der Waals surface area contributed by atoms with Gasteiger partial charge in [0.05, 0.1) is 18.5 Å². The molecule has 152 valence electrons. The predicted molar refractivity (Wildman–Crippen MR) is 120 cm³/mol. The third-order valence-electron chi connectivity index (χ3n) is 5.32. The minimum atomic E-state index is 0.00473. The van der Waals surface area contributed by atoms with Gasteiger partial charge in [-0.05, 0) is 49.6 Å². The van der Waals surface area contributed by atoms with Crippen molar-refractivity contribution >= 4 is 27.7 Å². The minimum Gasteiger partial charge on any atom is -0.491 e. The zero-order chi connectivity index (χ0) is 20.9. The largest absolute Gasteiger partial charge is 0.491 e. The lowest BCUT2D eigenvalue weighted by atomic mass is 9.99. The smallest absolute Gasteiger partial charge is 0.224 e. The minimum absolute atomic E-state index is 0.00473. The van der Waals surface area contributed by atoms with E-state index in [9.17, 15) is 4.79 Å². The number of ether oxygens (including phenoxy) is 1. The van der Waals surface area contributed by atoms with E-state index in [0.717, 1.165) is 50.8 Å². The molecule has 0 aliphatic rings. The van der Waals surface area contributed by atoms with Gasteiger partial charge in [-0.2, -0.15) is 0 Å². The van der Waals surface area contributed by atoms with Crippen molar-refractivity contribution in [2.45, 2.75) is 26.7 Å². The van der Waals surface area contributed by atoms with E-state index in [0.29, 0.717) is 19.6 Å². The third kappa shape index (κ3) is 4.25. The summed E-state index contributed by atoms with van der Waals surface area (Å²) in [5, 5.41) is 5.15. The van der Waals surface area contributed by atoms with Crippen molar-refractivity contribution in [2.24, 2.45) is 0 Å². The topological polar surface area (TPSA) is 64.1 Å². The fourth-order valence-corrected chi connectivity index (χ4v) is 3.73. The molecule has 0 bridgehead atoms. The van der Waals surface area contributed by atoms with Crippen LogP contribution in [0.4, 0.5) is 0 Å². The zero-order valence-corrected chi connectivity index (χ0v) is 17.3. The maximum atomic E-state index is 12.5. The Morgan fingerprint density at radius 1 is 1.03 bits per heavy atom. The average Bonchev–Trinajstić information content (AvgIpc) is 2.76. The zero-order valence-electron chi connectivity index (χ0n) is 17.3. The number of aryl methyl sites for hydroxylation is 2. The van der Waals surface area contributed by atoms with Gasteiger partial charge in [-0.25, -0.2) is 0 Å². The van der Waals surface area contributed by atoms with E-state index < -0.39 is 0 Å². The number of hydrogen-bond acceptors (Lipinski definition) is 4. The number of carbonyl (C=O) groups is 1. The molecule has 2 aromatic heterocycles. The van der Waals surface area contributed by atoms with Crippen LogP contribution in [0.1, 0.15) is 23.2 Å². The first-order valence-electron chi connectivity index (χ1n) is 10.2. The molecule has 0 saturated carbocycles. The number of amides is 1. The van der Waals surface area contributed by atoms with Crippen LogP contribution >= 0.6 is 0 Å². The standard InChI is InChI=1S/C25H25N3O2/c1-17-20-10-3-4-11-22(20)28-18(2)21(17)16-24(29)26-14-7-15-30-23-12-5-8-19-9-6-13-27-25(19)23/h3-6,8-13H,7,14-16H2,1-2H3,(H,26,29). The van der Waals surface area contributed by atoms with Crippen molar-refractivity contribution < 1.29 is 9.53 Å². The van der Waals surface area contributed by atoms with Crippen LogP contribution < -0.4 is 10.1 Å². The normalized spacial score (nSPS) is 11.0. The number of carbonyl (C=O) groups excluding carboxylic acids is 1. The average molecular weight is 399 g/mol. The van der Waals surface area contributed by atoms with E-state index in [1.165, 1.54) is 0 Å². The highest BCUT2D eigenvalue weighted by Gasteiger charge is 2.12. The molecule has 0 unspecified atom stereocenters. The molecule has 2 aromatic carbocycles. The predicted octanol–water partition coefficient (Wildman–Crippen LogP) is 4.53. The molecule has 4 aromatic rings. The second-order valence-electron chi connectivity index (χ2n) is 7.38. The molecule has 1 N–H and O–H groups in total. The van der Waals surface area contributed by atoms with Crippen molar-refractivity contribution in [3.63, 3.8) is 0 Å². The number of pyridine rings is 2. The number of fused-ring (bicyclic) bond motifs is 2. The monoisotopic (exact) mass is 399 g/mol. The molecular formula is C25H25N3O2. The maximum absolute atomic E-state index is 12.5. The van der Waals surface area contributed by atoms with Gasteiger partial charge in [0.2, 0.25) is 5.91 Å². The first kappa shape index (κ1) is 19.8. The van der Waals surface area contributed by atoms with Crippen molar-refractivity contribution in [2.75, 3.05) is 13.2 Å². The summed E-state index contributed by atoms with van der Waals surface area (Å²) >= 11 is 0. The van der Waals surface area contributed by atoms with Gasteiger partial charge in [0, 0.05) is 29.2 Å². The van der Waals surface area contributed by atoms with Crippen molar-refractivity contribution in [3.8, 4) is 5.75 Å². The van der Waals surface area contributed by atoms with Gasteiger partial charge >= 0.3 is 0 Å². The van der Waals surface area contributed by atoms with E-state index in [4.69, 9.17) is 4.74 Å². The van der Waals surface area contributed by atoms with Gasteiger partial charge in [0.25, 0.3) is 0 Å². The molecule has 2 heterocycles. The van der Waals surface area contributed by atoms with Gasteiger partial charge in [-0.1, -0.05) is 36.4 Å². The molecule has 0 aliphatic carbocycles. The molecule has 5 nitrogen and oxygen atoms in total. The summed E-state index contributed by atoms with van der Waals surface area (Å²) < 4.78 is 5.88. The number of aromatic nitrogens is 2. The Morgan fingerprint density at radius 2 is 1.87 bits per heavy atom. The summed E-state index contributed by atoms with van der Waals surface area (Å²) in [6, 6.07) is 17.9. The second kappa shape index (κ2) is 8.91. The number of nitrogens with zero attached hydrogens (tertiary/aromatic N) is 2. The van der Waals surface area contributed by atoms with Crippen molar-refractivity contribution in [1.82, 2.24) is 15.3 Å². The molecule has 0 fully saturated rings. The molecule has 0 spiro atoms. The van der Waals surface area contributed by atoms with Gasteiger partial charge in [-0.3, -0.25) is 14.8 Å². The van der Waals surface area contributed by atoms with E-state index in [1.807, 2.05) is 55.5 Å². The molecule has 0 atom stereocenters. The summed E-state index contributed by atoms with van der Waals surface area (Å²) in [6.07, 6.45) is 2.83. The Labute approximate surface area is 176 Å². The number of para-hydroxylation sites is 2. The van der Waals surface area contributed by atoms with Gasteiger partial charge in [0.1, 0.15) is 11.3 Å². The molecule has 4 rings (SSSR count). The summed E-state index contributed by atoms with van der Waals surface area (Å²) in [5.74, 6) is 0.776. The van der Waals surface area contributed by atoms with Crippen LogP contribution in [0, 0.1) is 13.8 Å². The highest BCUT2D eigenvalue weighted by molar-refractivity contribution is 5.86. The number of rotatable bonds is 7. The first-order valence-corrected chi connectivity index (χ1v) is 10.2. The highest BCUT2D eigenvalue weighted by atomic mass is 16.5. The van der Waals surface area contributed by atoms with E-state index >= 15 is 0 Å². The van der Waals surface area contributed by atoms with Gasteiger partial charge in [-0.15, -0.1) is 0 Å². The SMILES string of the molecule is Cc1nc2ccccc2c(C)c1CC(=O)NCCCOc1cccc2cccnc12. The lowest BCUT2D eigenvalue weighted by Crippen LogP contribution is -2.27. The van der Waals surface area contributed by atoms with Crippen molar-refractivity contribution in [1.29, 1.82) is 0 Å². The first-order chi connectivity index (χ1) is 14.6. The fourth-order valence-electron chi connectivity index (χ4n) is 3.73. The Balaban J connectivity index is 1.30. The van der Waals surface area contributed by atoms with Gasteiger partial charge < -0.3 is 10.1 Å². The summed E-state index contributed by atoms with van der Waals surface area (Å²) in [5.41, 5.74) is 4.87. The molecule has 30 heavy (non-hydrogen) atoms. The highest BCUT2D eigenvalue weighted by Crippen LogP contribution is 2.24. The van der Waals surface area contributed by atoms with E-state index in [1.54, 1.807) is 6.20 Å². The van der Waals surface area contributed by atoms with Gasteiger partial charge in [0.15, 0.2) is 0 Å². The molecule has 5 heteroatoms. The Morgan fingerprint density at radius 3 is 2.77 bits per heavy atom. The second-order valence-corrected chi connectivity index (χ2v) is 7.38. The molecule has 0 saturated heterocycles. The van der Waals surface area contributed by atoms with Crippen LogP contribution in [0.15, 0.2) is 60.8 Å². The Bertz CT molecular complexity index is 1200. The molecular weight excluding hydrogens is 374 g/mol. The number of benzene rings is 2. The van der Waals surface area contributed by atoms with Crippen LogP contribution in [-0.4, -0.2) is 29.0 Å². The van der Waals surface area contributed by atoms with E-state index in [-0.39, 0.29) is 5.91 Å². The Kier molecular flexibility index (Phi) is 5.89. The fraction of sp³-hybridized carbons (Fsp3) is 0.240.